The SMILES string of the molecule is CCSC(=O)c1ccc2nc(-c3cc4cc(F)ccc4o3)c(N(C)C(C)C)nc2c1. The lowest BCUT2D eigenvalue weighted by Gasteiger charge is -2.24. The molecule has 2 heterocycles. The van der Waals surface area contributed by atoms with Crippen molar-refractivity contribution in [2.75, 3.05) is 17.7 Å². The van der Waals surface area contributed by atoms with E-state index in [-0.39, 0.29) is 17.0 Å². The Labute approximate surface area is 178 Å². The molecule has 0 spiro atoms. The molecule has 0 aliphatic carbocycles. The number of carbonyl (C=O) groups excluding carboxylic acids is 1. The summed E-state index contributed by atoms with van der Waals surface area (Å²) in [6.07, 6.45) is 0. The topological polar surface area (TPSA) is 59.2 Å². The number of benzene rings is 2. The van der Waals surface area contributed by atoms with Gasteiger partial charge in [-0.1, -0.05) is 18.7 Å². The number of hydrogen-bond acceptors (Lipinski definition) is 6. The van der Waals surface area contributed by atoms with E-state index in [0.717, 1.165) is 5.75 Å². The number of rotatable bonds is 5. The first-order chi connectivity index (χ1) is 14.4. The highest BCUT2D eigenvalue weighted by atomic mass is 32.2. The molecule has 4 aromatic rings. The molecule has 0 fully saturated rings. The van der Waals surface area contributed by atoms with Gasteiger partial charge in [0.25, 0.3) is 0 Å². The molecule has 0 bridgehead atoms. The molecular formula is C23H22FN3O2S. The van der Waals surface area contributed by atoms with Gasteiger partial charge in [0.05, 0.1) is 11.0 Å². The van der Waals surface area contributed by atoms with Gasteiger partial charge in [-0.25, -0.2) is 14.4 Å². The van der Waals surface area contributed by atoms with Crippen LogP contribution in [-0.4, -0.2) is 33.9 Å². The van der Waals surface area contributed by atoms with Crippen LogP contribution in [0.4, 0.5) is 10.2 Å². The van der Waals surface area contributed by atoms with Gasteiger partial charge in [0.1, 0.15) is 17.1 Å². The number of thioether (sulfide) groups is 1. The van der Waals surface area contributed by atoms with Crippen LogP contribution in [0.1, 0.15) is 31.1 Å². The first kappa shape index (κ1) is 20.3. The van der Waals surface area contributed by atoms with Crippen molar-refractivity contribution in [3.63, 3.8) is 0 Å². The van der Waals surface area contributed by atoms with E-state index in [2.05, 4.69) is 13.8 Å². The largest absolute Gasteiger partial charge is 0.454 e. The molecule has 154 valence electrons. The van der Waals surface area contributed by atoms with E-state index in [9.17, 15) is 9.18 Å². The minimum atomic E-state index is -0.318. The molecular weight excluding hydrogens is 401 g/mol. The van der Waals surface area contributed by atoms with Crippen molar-refractivity contribution in [2.45, 2.75) is 26.8 Å². The Bertz CT molecular complexity index is 1250. The van der Waals surface area contributed by atoms with Gasteiger partial charge < -0.3 is 9.32 Å². The molecule has 2 aromatic heterocycles. The van der Waals surface area contributed by atoms with Crippen LogP contribution in [0.15, 0.2) is 46.9 Å². The number of aromatic nitrogens is 2. The standard InChI is InChI=1S/C23H22FN3O2S/c1-5-30-23(28)14-6-8-17-18(11-14)26-22(27(4)13(2)3)21(25-17)20-12-15-10-16(24)7-9-19(15)29-20/h6-13H,5H2,1-4H3. The highest BCUT2D eigenvalue weighted by Crippen LogP contribution is 2.34. The normalized spacial score (nSPS) is 11.5. The number of fused-ring (bicyclic) bond motifs is 2. The van der Waals surface area contributed by atoms with Gasteiger partial charge in [-0.15, -0.1) is 0 Å². The number of carbonyl (C=O) groups is 1. The summed E-state index contributed by atoms with van der Waals surface area (Å²) >= 11 is 1.27. The zero-order chi connectivity index (χ0) is 21.4. The van der Waals surface area contributed by atoms with Crippen molar-refractivity contribution in [3.05, 3.63) is 53.8 Å². The van der Waals surface area contributed by atoms with Gasteiger partial charge in [0.15, 0.2) is 11.6 Å². The number of anilines is 1. The zero-order valence-corrected chi connectivity index (χ0v) is 18.1. The van der Waals surface area contributed by atoms with Crippen LogP contribution in [0.3, 0.4) is 0 Å². The van der Waals surface area contributed by atoms with E-state index in [0.29, 0.717) is 44.8 Å². The summed E-state index contributed by atoms with van der Waals surface area (Å²) in [6, 6.07) is 11.7. The van der Waals surface area contributed by atoms with Crippen LogP contribution < -0.4 is 4.90 Å². The molecule has 5 nitrogen and oxygen atoms in total. The van der Waals surface area contributed by atoms with Crippen LogP contribution in [0.25, 0.3) is 33.5 Å². The van der Waals surface area contributed by atoms with Gasteiger partial charge >= 0.3 is 0 Å². The van der Waals surface area contributed by atoms with Crippen molar-refractivity contribution in [1.82, 2.24) is 9.97 Å². The number of halogens is 1. The molecule has 0 radical (unpaired) electrons. The van der Waals surface area contributed by atoms with Crippen molar-refractivity contribution in [2.24, 2.45) is 0 Å². The summed E-state index contributed by atoms with van der Waals surface area (Å²) in [5, 5.41) is 0.686. The summed E-state index contributed by atoms with van der Waals surface area (Å²) in [5.74, 6) is 1.57. The molecule has 0 aliphatic rings. The summed E-state index contributed by atoms with van der Waals surface area (Å²) in [4.78, 5) is 23.9. The van der Waals surface area contributed by atoms with E-state index in [1.165, 1.54) is 23.9 Å². The fourth-order valence-electron chi connectivity index (χ4n) is 3.17. The second kappa shape index (κ2) is 8.07. The Hall–Kier alpha value is -2.93. The summed E-state index contributed by atoms with van der Waals surface area (Å²) in [7, 11) is 1.94. The minimum Gasteiger partial charge on any atom is -0.454 e. The van der Waals surface area contributed by atoms with Crippen LogP contribution in [-0.2, 0) is 0 Å². The van der Waals surface area contributed by atoms with Crippen molar-refractivity contribution in [3.8, 4) is 11.5 Å². The van der Waals surface area contributed by atoms with Gasteiger partial charge in [-0.3, -0.25) is 4.79 Å². The predicted octanol–water partition coefficient (Wildman–Crippen LogP) is 5.92. The summed E-state index contributed by atoms with van der Waals surface area (Å²) in [6.45, 7) is 6.06. The second-order valence-electron chi connectivity index (χ2n) is 7.32. The van der Waals surface area contributed by atoms with E-state index < -0.39 is 0 Å². The average Bonchev–Trinajstić information content (AvgIpc) is 3.14. The highest BCUT2D eigenvalue weighted by molar-refractivity contribution is 8.14. The maximum atomic E-state index is 13.6. The lowest BCUT2D eigenvalue weighted by molar-refractivity contribution is 0.108. The smallest absolute Gasteiger partial charge is 0.219 e. The molecule has 0 saturated carbocycles. The number of nitrogens with zero attached hydrogens (tertiary/aromatic N) is 3. The van der Waals surface area contributed by atoms with Gasteiger partial charge in [0, 0.05) is 24.0 Å². The molecule has 2 aromatic carbocycles. The monoisotopic (exact) mass is 423 g/mol. The van der Waals surface area contributed by atoms with Gasteiger partial charge in [-0.2, -0.15) is 0 Å². The molecule has 0 unspecified atom stereocenters. The van der Waals surface area contributed by atoms with E-state index in [1.807, 2.05) is 18.9 Å². The van der Waals surface area contributed by atoms with Crippen molar-refractivity contribution < 1.29 is 13.6 Å². The molecule has 4 rings (SSSR count). The van der Waals surface area contributed by atoms with Crippen molar-refractivity contribution >= 4 is 44.7 Å². The Morgan fingerprint density at radius 1 is 1.13 bits per heavy atom. The molecule has 7 heteroatoms. The minimum absolute atomic E-state index is 0.0170. The Balaban J connectivity index is 1.91. The second-order valence-corrected chi connectivity index (χ2v) is 8.55. The quantitative estimate of drug-likeness (QED) is 0.397. The highest BCUT2D eigenvalue weighted by Gasteiger charge is 2.20. The Morgan fingerprint density at radius 2 is 1.93 bits per heavy atom. The molecule has 0 N–H and O–H groups in total. The third kappa shape index (κ3) is 3.77. The van der Waals surface area contributed by atoms with Crippen LogP contribution in [0, 0.1) is 5.82 Å². The van der Waals surface area contributed by atoms with E-state index in [4.69, 9.17) is 14.4 Å². The Morgan fingerprint density at radius 3 is 2.67 bits per heavy atom. The van der Waals surface area contributed by atoms with Crippen LogP contribution >= 0.6 is 11.8 Å². The van der Waals surface area contributed by atoms with Gasteiger partial charge in [-0.05, 0) is 62.1 Å². The average molecular weight is 424 g/mol. The fourth-order valence-corrected chi connectivity index (χ4v) is 3.73. The maximum Gasteiger partial charge on any atom is 0.219 e. The Kier molecular flexibility index (Phi) is 5.47. The number of hydrogen-bond donors (Lipinski definition) is 0. The van der Waals surface area contributed by atoms with Crippen LogP contribution in [0.5, 0.6) is 0 Å². The van der Waals surface area contributed by atoms with Crippen LogP contribution in [0.2, 0.25) is 0 Å². The van der Waals surface area contributed by atoms with E-state index >= 15 is 0 Å². The lowest BCUT2D eigenvalue weighted by Crippen LogP contribution is -2.27. The first-order valence-electron chi connectivity index (χ1n) is 9.78. The molecule has 30 heavy (non-hydrogen) atoms. The summed E-state index contributed by atoms with van der Waals surface area (Å²) in [5.41, 5.74) is 3.08. The molecule has 0 amide bonds. The molecule has 0 atom stereocenters. The van der Waals surface area contributed by atoms with E-state index in [1.54, 1.807) is 30.3 Å². The fraction of sp³-hybridized carbons (Fsp3) is 0.261. The number of furan rings is 1. The lowest BCUT2D eigenvalue weighted by atomic mass is 10.1. The summed E-state index contributed by atoms with van der Waals surface area (Å²) < 4.78 is 19.6. The maximum absolute atomic E-state index is 13.6. The third-order valence-corrected chi connectivity index (χ3v) is 5.76. The van der Waals surface area contributed by atoms with Gasteiger partial charge in [0.2, 0.25) is 5.12 Å². The van der Waals surface area contributed by atoms with Crippen molar-refractivity contribution in [1.29, 1.82) is 0 Å². The first-order valence-corrected chi connectivity index (χ1v) is 10.8. The molecule has 0 aliphatic heterocycles. The predicted molar refractivity (Wildman–Crippen MR) is 121 cm³/mol. The zero-order valence-electron chi connectivity index (χ0n) is 17.3. The molecule has 0 saturated heterocycles. The third-order valence-electron chi connectivity index (χ3n) is 4.98.